The van der Waals surface area contributed by atoms with Crippen molar-refractivity contribution in [1.29, 1.82) is 0 Å². The van der Waals surface area contributed by atoms with E-state index in [0.29, 0.717) is 17.7 Å². The second-order valence-corrected chi connectivity index (χ2v) is 5.66. The van der Waals surface area contributed by atoms with E-state index in [0.717, 1.165) is 19.5 Å². The molecule has 112 valence electrons. The van der Waals surface area contributed by atoms with Gasteiger partial charge >= 0.3 is 5.82 Å². The van der Waals surface area contributed by atoms with E-state index in [1.54, 1.807) is 6.92 Å². The van der Waals surface area contributed by atoms with Crippen molar-refractivity contribution in [3.63, 3.8) is 0 Å². The van der Waals surface area contributed by atoms with Gasteiger partial charge in [-0.15, -0.1) is 0 Å². The van der Waals surface area contributed by atoms with Crippen LogP contribution in [-0.4, -0.2) is 39.6 Å². The van der Waals surface area contributed by atoms with Crippen molar-refractivity contribution >= 4 is 11.6 Å². The van der Waals surface area contributed by atoms with Gasteiger partial charge in [0.25, 0.3) is 0 Å². The van der Waals surface area contributed by atoms with Crippen molar-refractivity contribution in [3.05, 3.63) is 15.9 Å². The highest BCUT2D eigenvalue weighted by atomic mass is 16.6. The molecular weight excluding hydrogens is 258 g/mol. The van der Waals surface area contributed by atoms with Gasteiger partial charge in [-0.05, 0) is 43.1 Å². The minimum atomic E-state index is -0.389. The standard InChI is InChI=1S/C13H23N5O2/c1-9(2)17(8-11-6-5-7-14-11)13-12(18(19)20)15-10(3)16(13)4/h9,11,14H,5-8H2,1-4H3. The van der Waals surface area contributed by atoms with Crippen LogP contribution in [0.5, 0.6) is 0 Å². The van der Waals surface area contributed by atoms with E-state index >= 15 is 0 Å². The number of hydrogen-bond acceptors (Lipinski definition) is 5. The number of anilines is 1. The summed E-state index contributed by atoms with van der Waals surface area (Å²) in [5, 5.41) is 14.7. The van der Waals surface area contributed by atoms with Crippen LogP contribution in [-0.2, 0) is 7.05 Å². The molecule has 2 rings (SSSR count). The molecule has 0 saturated carbocycles. The summed E-state index contributed by atoms with van der Waals surface area (Å²) in [5.41, 5.74) is 0. The average Bonchev–Trinajstić information content (AvgIpc) is 2.96. The SMILES string of the molecule is Cc1nc([N+](=O)[O-])c(N(CC2CCCN2)C(C)C)n1C. The normalized spacial score (nSPS) is 18.8. The Morgan fingerprint density at radius 2 is 2.30 bits per heavy atom. The van der Waals surface area contributed by atoms with E-state index < -0.39 is 0 Å². The highest BCUT2D eigenvalue weighted by Gasteiger charge is 2.31. The first-order valence-electron chi connectivity index (χ1n) is 7.09. The van der Waals surface area contributed by atoms with Gasteiger partial charge in [0, 0.05) is 32.6 Å². The molecular formula is C13H23N5O2. The van der Waals surface area contributed by atoms with Crippen LogP contribution in [0.2, 0.25) is 0 Å². The third kappa shape index (κ3) is 2.77. The maximum atomic E-state index is 11.2. The van der Waals surface area contributed by atoms with Crippen molar-refractivity contribution in [2.45, 2.75) is 45.7 Å². The van der Waals surface area contributed by atoms with Gasteiger partial charge in [-0.3, -0.25) is 4.57 Å². The lowest BCUT2D eigenvalue weighted by Gasteiger charge is -2.30. The number of nitrogens with one attached hydrogen (secondary N) is 1. The van der Waals surface area contributed by atoms with Crippen molar-refractivity contribution < 1.29 is 4.92 Å². The molecule has 20 heavy (non-hydrogen) atoms. The Morgan fingerprint density at radius 3 is 2.80 bits per heavy atom. The van der Waals surface area contributed by atoms with Gasteiger partial charge in [0.2, 0.25) is 11.6 Å². The molecule has 0 aromatic carbocycles. The Labute approximate surface area is 119 Å². The molecule has 0 bridgehead atoms. The van der Waals surface area contributed by atoms with Crippen molar-refractivity contribution in [1.82, 2.24) is 14.9 Å². The van der Waals surface area contributed by atoms with Crippen LogP contribution in [0, 0.1) is 17.0 Å². The van der Waals surface area contributed by atoms with Crippen LogP contribution in [0.3, 0.4) is 0 Å². The number of aryl methyl sites for hydroxylation is 1. The molecule has 0 radical (unpaired) electrons. The summed E-state index contributed by atoms with van der Waals surface area (Å²) in [6, 6.07) is 0.582. The topological polar surface area (TPSA) is 76.2 Å². The molecule has 0 aliphatic carbocycles. The molecule has 0 amide bonds. The summed E-state index contributed by atoms with van der Waals surface area (Å²) in [5.74, 6) is 1.23. The number of imidazole rings is 1. The minimum absolute atomic E-state index is 0.0447. The van der Waals surface area contributed by atoms with E-state index in [-0.39, 0.29) is 16.8 Å². The van der Waals surface area contributed by atoms with Crippen LogP contribution >= 0.6 is 0 Å². The Bertz CT molecular complexity index is 491. The van der Waals surface area contributed by atoms with Crippen LogP contribution in [0.1, 0.15) is 32.5 Å². The fourth-order valence-electron chi connectivity index (χ4n) is 2.72. The first kappa shape index (κ1) is 14.8. The zero-order valence-corrected chi connectivity index (χ0v) is 12.6. The van der Waals surface area contributed by atoms with Crippen LogP contribution in [0.15, 0.2) is 0 Å². The maximum absolute atomic E-state index is 11.2. The van der Waals surface area contributed by atoms with E-state index in [4.69, 9.17) is 0 Å². The fraction of sp³-hybridized carbons (Fsp3) is 0.769. The predicted octanol–water partition coefficient (Wildman–Crippen LogP) is 1.60. The predicted molar refractivity (Wildman–Crippen MR) is 78.1 cm³/mol. The largest absolute Gasteiger partial charge is 0.406 e. The molecule has 1 fully saturated rings. The first-order chi connectivity index (χ1) is 9.41. The monoisotopic (exact) mass is 281 g/mol. The van der Waals surface area contributed by atoms with Gasteiger partial charge in [-0.1, -0.05) is 0 Å². The molecule has 1 N–H and O–H groups in total. The highest BCUT2D eigenvalue weighted by Crippen LogP contribution is 2.30. The minimum Gasteiger partial charge on any atom is -0.358 e. The quantitative estimate of drug-likeness (QED) is 0.655. The van der Waals surface area contributed by atoms with Gasteiger partial charge in [-0.2, -0.15) is 0 Å². The summed E-state index contributed by atoms with van der Waals surface area (Å²) >= 11 is 0. The Hall–Kier alpha value is -1.63. The lowest BCUT2D eigenvalue weighted by Crippen LogP contribution is -2.42. The van der Waals surface area contributed by atoms with Gasteiger partial charge in [-0.25, -0.2) is 0 Å². The molecule has 1 aromatic heterocycles. The molecule has 2 heterocycles. The highest BCUT2D eigenvalue weighted by molar-refractivity contribution is 5.56. The fourth-order valence-corrected chi connectivity index (χ4v) is 2.72. The molecule has 7 heteroatoms. The number of aromatic nitrogens is 2. The maximum Gasteiger partial charge on any atom is 0.406 e. The number of rotatable bonds is 5. The summed E-state index contributed by atoms with van der Waals surface area (Å²) in [6.07, 6.45) is 2.29. The summed E-state index contributed by atoms with van der Waals surface area (Å²) in [4.78, 5) is 17.0. The lowest BCUT2D eigenvalue weighted by molar-refractivity contribution is -0.388. The average molecular weight is 281 g/mol. The molecule has 1 aliphatic rings. The second-order valence-electron chi connectivity index (χ2n) is 5.66. The first-order valence-corrected chi connectivity index (χ1v) is 7.09. The third-order valence-electron chi connectivity index (χ3n) is 3.92. The molecule has 7 nitrogen and oxygen atoms in total. The van der Waals surface area contributed by atoms with E-state index in [2.05, 4.69) is 29.0 Å². The Balaban J connectivity index is 2.35. The Kier molecular flexibility index (Phi) is 4.27. The van der Waals surface area contributed by atoms with Crippen LogP contribution in [0.4, 0.5) is 11.6 Å². The molecule has 1 unspecified atom stereocenters. The molecule has 1 saturated heterocycles. The van der Waals surface area contributed by atoms with Gasteiger partial charge in [0.15, 0.2) is 0 Å². The molecule has 1 aliphatic heterocycles. The summed E-state index contributed by atoms with van der Waals surface area (Å²) < 4.78 is 1.81. The summed E-state index contributed by atoms with van der Waals surface area (Å²) in [7, 11) is 1.84. The number of nitro groups is 1. The lowest BCUT2D eigenvalue weighted by atomic mass is 10.2. The molecule has 1 aromatic rings. The van der Waals surface area contributed by atoms with Gasteiger partial charge in [0.05, 0.1) is 0 Å². The molecule has 0 spiro atoms. The zero-order chi connectivity index (χ0) is 14.9. The molecule has 1 atom stereocenters. The number of nitrogens with zero attached hydrogens (tertiary/aromatic N) is 4. The Morgan fingerprint density at radius 1 is 1.60 bits per heavy atom. The van der Waals surface area contributed by atoms with Gasteiger partial charge < -0.3 is 20.3 Å². The van der Waals surface area contributed by atoms with Crippen LogP contribution in [0.25, 0.3) is 0 Å². The number of hydrogen-bond donors (Lipinski definition) is 1. The van der Waals surface area contributed by atoms with Crippen molar-refractivity contribution in [3.8, 4) is 0 Å². The van der Waals surface area contributed by atoms with E-state index in [1.807, 2.05) is 11.6 Å². The summed E-state index contributed by atoms with van der Waals surface area (Å²) in [6.45, 7) is 7.71. The van der Waals surface area contributed by atoms with Crippen molar-refractivity contribution in [2.75, 3.05) is 18.0 Å². The van der Waals surface area contributed by atoms with E-state index in [9.17, 15) is 10.1 Å². The van der Waals surface area contributed by atoms with Crippen LogP contribution < -0.4 is 10.2 Å². The zero-order valence-electron chi connectivity index (χ0n) is 12.6. The van der Waals surface area contributed by atoms with Gasteiger partial charge in [0.1, 0.15) is 0 Å². The second kappa shape index (κ2) is 5.78. The third-order valence-corrected chi connectivity index (χ3v) is 3.92. The smallest absolute Gasteiger partial charge is 0.358 e. The van der Waals surface area contributed by atoms with E-state index in [1.165, 1.54) is 6.42 Å². The van der Waals surface area contributed by atoms with Crippen molar-refractivity contribution in [2.24, 2.45) is 7.05 Å².